The summed E-state index contributed by atoms with van der Waals surface area (Å²) in [6.45, 7) is 0.0748. The van der Waals surface area contributed by atoms with Crippen molar-refractivity contribution in [3.8, 4) is 11.5 Å². The van der Waals surface area contributed by atoms with Crippen molar-refractivity contribution in [1.82, 2.24) is 0 Å². The second-order valence-electron chi connectivity index (χ2n) is 5.22. The zero-order valence-electron chi connectivity index (χ0n) is 13.1. The predicted octanol–water partition coefficient (Wildman–Crippen LogP) is 1.70. The van der Waals surface area contributed by atoms with E-state index in [9.17, 15) is 21.9 Å². The lowest BCUT2D eigenvalue weighted by atomic mass is 10.2. The maximum absolute atomic E-state index is 12.1. The van der Waals surface area contributed by atoms with Crippen LogP contribution in [-0.4, -0.2) is 34.5 Å². The molecule has 130 valence electrons. The van der Waals surface area contributed by atoms with E-state index in [1.54, 1.807) is 12.1 Å². The first-order valence-corrected chi connectivity index (χ1v) is 10.5. The highest BCUT2D eigenvalue weighted by molar-refractivity contribution is 7.92. The number of phenolic OH excluding ortho intramolecular Hbond substituents is 1. The maximum Gasteiger partial charge on any atom is 0.306 e. The summed E-state index contributed by atoms with van der Waals surface area (Å²) in [6.07, 6.45) is 2.00. The summed E-state index contributed by atoms with van der Waals surface area (Å²) in [7, 11) is -7.21. The monoisotopic (exact) mass is 371 g/mol. The van der Waals surface area contributed by atoms with Crippen molar-refractivity contribution < 1.29 is 26.1 Å². The fourth-order valence-corrected chi connectivity index (χ4v) is 3.36. The summed E-state index contributed by atoms with van der Waals surface area (Å²) in [6, 6.07) is 11.9. The SMILES string of the molecule is CS(=O)(=O)Oc1ccc(N(Cc2ccc(O)cc2)S(C)(=O)=O)cc1. The molecule has 0 saturated carbocycles. The second-order valence-corrected chi connectivity index (χ2v) is 8.70. The van der Waals surface area contributed by atoms with E-state index in [4.69, 9.17) is 4.18 Å². The topological polar surface area (TPSA) is 101 Å². The van der Waals surface area contributed by atoms with Gasteiger partial charge in [0.05, 0.1) is 24.7 Å². The average Bonchev–Trinajstić information content (AvgIpc) is 2.45. The van der Waals surface area contributed by atoms with E-state index in [-0.39, 0.29) is 18.0 Å². The van der Waals surface area contributed by atoms with E-state index in [2.05, 4.69) is 0 Å². The molecule has 2 rings (SSSR count). The average molecular weight is 371 g/mol. The van der Waals surface area contributed by atoms with Crippen LogP contribution in [0.3, 0.4) is 0 Å². The molecule has 0 bridgehead atoms. The third-order valence-corrected chi connectivity index (χ3v) is 4.67. The molecular formula is C15H17NO6S2. The summed E-state index contributed by atoms with van der Waals surface area (Å²) in [5, 5.41) is 9.30. The Hall–Kier alpha value is -2.26. The number of sulfonamides is 1. The highest BCUT2D eigenvalue weighted by Gasteiger charge is 2.18. The maximum atomic E-state index is 12.1. The van der Waals surface area contributed by atoms with Crippen molar-refractivity contribution in [3.05, 3.63) is 54.1 Å². The summed E-state index contributed by atoms with van der Waals surface area (Å²) >= 11 is 0. The first-order valence-electron chi connectivity index (χ1n) is 6.80. The molecule has 24 heavy (non-hydrogen) atoms. The Morgan fingerprint density at radius 1 is 0.917 bits per heavy atom. The summed E-state index contributed by atoms with van der Waals surface area (Å²) in [4.78, 5) is 0. The number of hydrogen-bond acceptors (Lipinski definition) is 6. The zero-order chi connectivity index (χ0) is 18.0. The highest BCUT2D eigenvalue weighted by atomic mass is 32.2. The molecule has 0 unspecified atom stereocenters. The summed E-state index contributed by atoms with van der Waals surface area (Å²) in [5.41, 5.74) is 1.06. The number of rotatable bonds is 6. The quantitative estimate of drug-likeness (QED) is 0.776. The van der Waals surface area contributed by atoms with Crippen LogP contribution in [0.1, 0.15) is 5.56 Å². The van der Waals surface area contributed by atoms with Crippen LogP contribution >= 0.6 is 0 Å². The van der Waals surface area contributed by atoms with Crippen LogP contribution in [0.25, 0.3) is 0 Å². The lowest BCUT2D eigenvalue weighted by Gasteiger charge is -2.22. The second kappa shape index (κ2) is 6.70. The molecule has 0 aromatic heterocycles. The first kappa shape index (κ1) is 18.1. The van der Waals surface area contributed by atoms with E-state index >= 15 is 0 Å². The molecule has 2 aromatic rings. The molecule has 7 nitrogen and oxygen atoms in total. The van der Waals surface area contributed by atoms with Crippen molar-refractivity contribution in [2.45, 2.75) is 6.54 Å². The van der Waals surface area contributed by atoms with Gasteiger partial charge in [-0.15, -0.1) is 0 Å². The van der Waals surface area contributed by atoms with Gasteiger partial charge >= 0.3 is 10.1 Å². The van der Waals surface area contributed by atoms with Crippen molar-refractivity contribution >= 4 is 25.8 Å². The Morgan fingerprint density at radius 3 is 1.92 bits per heavy atom. The van der Waals surface area contributed by atoms with E-state index in [0.29, 0.717) is 11.3 Å². The van der Waals surface area contributed by atoms with E-state index in [0.717, 1.165) is 12.5 Å². The number of anilines is 1. The number of benzene rings is 2. The fraction of sp³-hybridized carbons (Fsp3) is 0.200. The van der Waals surface area contributed by atoms with Gasteiger partial charge in [0.15, 0.2) is 0 Å². The lowest BCUT2D eigenvalue weighted by Crippen LogP contribution is -2.29. The largest absolute Gasteiger partial charge is 0.508 e. The van der Waals surface area contributed by atoms with Crippen LogP contribution in [0.4, 0.5) is 5.69 Å². The van der Waals surface area contributed by atoms with Crippen LogP contribution in [-0.2, 0) is 26.7 Å². The first-order chi connectivity index (χ1) is 11.0. The highest BCUT2D eigenvalue weighted by Crippen LogP contribution is 2.24. The number of nitrogens with zero attached hydrogens (tertiary/aromatic N) is 1. The minimum atomic E-state index is -3.65. The predicted molar refractivity (Wildman–Crippen MR) is 91.0 cm³/mol. The minimum absolute atomic E-state index is 0.0748. The molecule has 0 aliphatic rings. The van der Waals surface area contributed by atoms with Gasteiger partial charge in [-0.25, -0.2) is 8.42 Å². The smallest absolute Gasteiger partial charge is 0.306 e. The Balaban J connectivity index is 2.30. The van der Waals surface area contributed by atoms with Crippen LogP contribution in [0.15, 0.2) is 48.5 Å². The molecule has 0 heterocycles. The number of phenols is 1. The lowest BCUT2D eigenvalue weighted by molar-refractivity contribution is 0.475. The van der Waals surface area contributed by atoms with Gasteiger partial charge in [0.25, 0.3) is 0 Å². The van der Waals surface area contributed by atoms with Gasteiger partial charge in [0.1, 0.15) is 11.5 Å². The minimum Gasteiger partial charge on any atom is -0.508 e. The third-order valence-electron chi connectivity index (χ3n) is 3.04. The Labute approximate surface area is 141 Å². The van der Waals surface area contributed by atoms with Gasteiger partial charge in [0.2, 0.25) is 10.0 Å². The Morgan fingerprint density at radius 2 is 1.46 bits per heavy atom. The van der Waals surface area contributed by atoms with Crippen molar-refractivity contribution in [2.24, 2.45) is 0 Å². The summed E-state index contributed by atoms with van der Waals surface area (Å²) in [5.74, 6) is 0.186. The molecule has 0 aliphatic heterocycles. The van der Waals surface area contributed by atoms with Crippen molar-refractivity contribution in [3.63, 3.8) is 0 Å². The molecule has 0 atom stereocenters. The van der Waals surface area contributed by atoms with Gasteiger partial charge in [0, 0.05) is 0 Å². The molecule has 0 fully saturated rings. The molecule has 0 aliphatic carbocycles. The van der Waals surface area contributed by atoms with Gasteiger partial charge in [-0.2, -0.15) is 8.42 Å². The molecular weight excluding hydrogens is 354 g/mol. The van der Waals surface area contributed by atoms with Crippen LogP contribution < -0.4 is 8.49 Å². The standard InChI is InChI=1S/C15H17NO6S2/c1-23(18,19)16(11-12-3-7-14(17)8-4-12)13-5-9-15(10-6-13)22-24(2,20)21/h3-10,17H,11H2,1-2H3. The summed E-state index contributed by atoms with van der Waals surface area (Å²) < 4.78 is 52.2. The van der Waals surface area contributed by atoms with Crippen LogP contribution in [0, 0.1) is 0 Å². The fourth-order valence-electron chi connectivity index (χ4n) is 2.01. The third kappa shape index (κ3) is 5.14. The molecule has 1 N–H and O–H groups in total. The van der Waals surface area contributed by atoms with Gasteiger partial charge in [-0.3, -0.25) is 4.31 Å². The Kier molecular flexibility index (Phi) is 5.05. The van der Waals surface area contributed by atoms with E-state index in [1.807, 2.05) is 0 Å². The zero-order valence-corrected chi connectivity index (χ0v) is 14.7. The van der Waals surface area contributed by atoms with E-state index in [1.165, 1.54) is 40.7 Å². The van der Waals surface area contributed by atoms with Crippen LogP contribution in [0.5, 0.6) is 11.5 Å². The molecule has 0 spiro atoms. The van der Waals surface area contributed by atoms with Crippen LogP contribution in [0.2, 0.25) is 0 Å². The van der Waals surface area contributed by atoms with Crippen molar-refractivity contribution in [2.75, 3.05) is 16.8 Å². The van der Waals surface area contributed by atoms with E-state index < -0.39 is 20.1 Å². The van der Waals surface area contributed by atoms with Gasteiger partial charge < -0.3 is 9.29 Å². The molecule has 0 saturated heterocycles. The molecule has 0 radical (unpaired) electrons. The molecule has 0 amide bonds. The van der Waals surface area contributed by atoms with Gasteiger partial charge in [-0.1, -0.05) is 12.1 Å². The normalized spacial score (nSPS) is 11.9. The number of aromatic hydroxyl groups is 1. The van der Waals surface area contributed by atoms with Crippen molar-refractivity contribution in [1.29, 1.82) is 0 Å². The molecule has 9 heteroatoms. The number of hydrogen-bond donors (Lipinski definition) is 1. The molecule has 2 aromatic carbocycles. The van der Waals surface area contributed by atoms with Gasteiger partial charge in [-0.05, 0) is 42.0 Å². The Bertz CT molecular complexity index is 903.